The number of aliphatic imine (C=N–C) groups is 1. The second-order valence-corrected chi connectivity index (χ2v) is 5.68. The van der Waals surface area contributed by atoms with Gasteiger partial charge in [0, 0.05) is 11.3 Å². The summed E-state index contributed by atoms with van der Waals surface area (Å²) in [5.74, 6) is -1.21. The quantitative estimate of drug-likeness (QED) is 0.675. The average molecular weight is 277 g/mol. The molecule has 0 aliphatic carbocycles. The number of benzene rings is 1. The highest BCUT2D eigenvalue weighted by Gasteiger charge is 2.56. The van der Waals surface area contributed by atoms with E-state index in [4.69, 9.17) is 5.73 Å². The molecule has 2 aliphatic rings. The SMILES string of the molecule is Cc1ccc2c(c1)[C@](O)([C@H]1SC(N)=NC1=O)C(=O)N2. The molecule has 19 heavy (non-hydrogen) atoms. The third-order valence-corrected chi connectivity index (χ3v) is 4.35. The Morgan fingerprint density at radius 1 is 1.47 bits per heavy atom. The van der Waals surface area contributed by atoms with E-state index < -0.39 is 22.7 Å². The van der Waals surface area contributed by atoms with Gasteiger partial charge in [0.15, 0.2) is 10.8 Å². The molecule has 0 aromatic heterocycles. The first-order valence-corrected chi connectivity index (χ1v) is 6.50. The minimum Gasteiger partial charge on any atom is -0.378 e. The van der Waals surface area contributed by atoms with Crippen LogP contribution in [0, 0.1) is 6.92 Å². The number of fused-ring (bicyclic) bond motifs is 1. The summed E-state index contributed by atoms with van der Waals surface area (Å²) in [6.45, 7) is 1.85. The van der Waals surface area contributed by atoms with Gasteiger partial charge in [0.2, 0.25) is 0 Å². The summed E-state index contributed by atoms with van der Waals surface area (Å²) in [6.07, 6.45) is 0. The minimum atomic E-state index is -1.92. The lowest BCUT2D eigenvalue weighted by Crippen LogP contribution is -2.46. The number of amidine groups is 1. The number of nitrogens with two attached hydrogens (primary N) is 1. The Balaban J connectivity index is 2.13. The van der Waals surface area contributed by atoms with Gasteiger partial charge in [-0.1, -0.05) is 29.5 Å². The van der Waals surface area contributed by atoms with Crippen molar-refractivity contribution in [1.82, 2.24) is 0 Å². The van der Waals surface area contributed by atoms with Crippen molar-refractivity contribution in [3.05, 3.63) is 29.3 Å². The van der Waals surface area contributed by atoms with Crippen LogP contribution >= 0.6 is 11.8 Å². The van der Waals surface area contributed by atoms with E-state index in [1.54, 1.807) is 12.1 Å². The van der Waals surface area contributed by atoms with Gasteiger partial charge in [-0.15, -0.1) is 0 Å². The van der Waals surface area contributed by atoms with Crippen molar-refractivity contribution in [2.75, 3.05) is 5.32 Å². The minimum absolute atomic E-state index is 0.0670. The largest absolute Gasteiger partial charge is 0.378 e. The third-order valence-electron chi connectivity index (χ3n) is 3.24. The Morgan fingerprint density at radius 3 is 2.84 bits per heavy atom. The van der Waals surface area contributed by atoms with E-state index in [0.717, 1.165) is 17.3 Å². The molecular formula is C12H11N3O3S. The molecule has 0 radical (unpaired) electrons. The summed E-state index contributed by atoms with van der Waals surface area (Å²) in [5.41, 5.74) is 5.36. The van der Waals surface area contributed by atoms with Crippen molar-refractivity contribution in [1.29, 1.82) is 0 Å². The van der Waals surface area contributed by atoms with Crippen LogP contribution in [0.4, 0.5) is 5.69 Å². The monoisotopic (exact) mass is 277 g/mol. The molecule has 4 N–H and O–H groups in total. The van der Waals surface area contributed by atoms with Crippen LogP contribution in [0.5, 0.6) is 0 Å². The first-order chi connectivity index (χ1) is 8.92. The zero-order chi connectivity index (χ0) is 13.8. The second kappa shape index (κ2) is 3.82. The summed E-state index contributed by atoms with van der Waals surface area (Å²) in [6, 6.07) is 5.21. The van der Waals surface area contributed by atoms with Gasteiger partial charge in [-0.05, 0) is 13.0 Å². The maximum atomic E-state index is 12.1. The fourth-order valence-electron chi connectivity index (χ4n) is 2.31. The van der Waals surface area contributed by atoms with Gasteiger partial charge in [-0.2, -0.15) is 4.99 Å². The van der Waals surface area contributed by atoms with Crippen molar-refractivity contribution in [3.63, 3.8) is 0 Å². The zero-order valence-electron chi connectivity index (χ0n) is 10.0. The molecular weight excluding hydrogens is 266 g/mol. The molecule has 0 fully saturated rings. The summed E-state index contributed by atoms with van der Waals surface area (Å²) in [5, 5.41) is 12.4. The van der Waals surface area contributed by atoms with Crippen molar-refractivity contribution < 1.29 is 14.7 Å². The molecule has 7 heteroatoms. The summed E-state index contributed by atoms with van der Waals surface area (Å²) in [4.78, 5) is 27.4. The van der Waals surface area contributed by atoms with Gasteiger partial charge in [0.05, 0.1) is 0 Å². The number of amides is 2. The number of hydrogen-bond acceptors (Lipinski definition) is 5. The molecule has 2 aliphatic heterocycles. The van der Waals surface area contributed by atoms with Gasteiger partial charge in [-0.3, -0.25) is 9.59 Å². The Kier molecular flexibility index (Phi) is 2.45. The Hall–Kier alpha value is -1.86. The molecule has 3 rings (SSSR count). The van der Waals surface area contributed by atoms with Crippen LogP contribution in [0.3, 0.4) is 0 Å². The molecule has 0 saturated heterocycles. The molecule has 2 amide bonds. The smallest absolute Gasteiger partial charge is 0.265 e. The van der Waals surface area contributed by atoms with E-state index in [0.29, 0.717) is 11.3 Å². The van der Waals surface area contributed by atoms with Crippen molar-refractivity contribution >= 4 is 34.4 Å². The Morgan fingerprint density at radius 2 is 2.21 bits per heavy atom. The number of hydrogen-bond donors (Lipinski definition) is 3. The standard InChI is InChI=1S/C12H11N3O3S/c1-5-2-3-7-6(4-5)12(18,10(17)14-7)8-9(16)15-11(13)19-8/h2-4,8,18H,1H3,(H,14,17)(H2,13,15,16)/t8-,12-/m0/s1. The predicted octanol–water partition coefficient (Wildman–Crippen LogP) is 0.0914. The van der Waals surface area contributed by atoms with Gasteiger partial charge < -0.3 is 16.2 Å². The normalized spacial score (nSPS) is 29.2. The number of anilines is 1. The number of carbonyl (C=O) groups excluding carboxylic acids is 2. The van der Waals surface area contributed by atoms with Crippen LogP contribution in [-0.2, 0) is 15.2 Å². The average Bonchev–Trinajstić information content (AvgIpc) is 2.80. The van der Waals surface area contributed by atoms with E-state index in [-0.39, 0.29) is 5.17 Å². The highest BCUT2D eigenvalue weighted by molar-refractivity contribution is 8.15. The lowest BCUT2D eigenvalue weighted by atomic mass is 9.90. The number of nitrogens with one attached hydrogen (secondary N) is 1. The van der Waals surface area contributed by atoms with E-state index >= 15 is 0 Å². The van der Waals surface area contributed by atoms with Gasteiger partial charge in [-0.25, -0.2) is 0 Å². The maximum Gasteiger partial charge on any atom is 0.265 e. The fraction of sp³-hybridized carbons (Fsp3) is 0.250. The van der Waals surface area contributed by atoms with E-state index in [1.807, 2.05) is 13.0 Å². The van der Waals surface area contributed by atoms with E-state index in [1.165, 1.54) is 0 Å². The summed E-state index contributed by atoms with van der Waals surface area (Å²) >= 11 is 0.910. The van der Waals surface area contributed by atoms with E-state index in [9.17, 15) is 14.7 Å². The number of nitrogens with zero attached hydrogens (tertiary/aromatic N) is 1. The topological polar surface area (TPSA) is 105 Å². The van der Waals surface area contributed by atoms with Gasteiger partial charge in [0.1, 0.15) is 5.25 Å². The van der Waals surface area contributed by atoms with Gasteiger partial charge in [0.25, 0.3) is 11.8 Å². The number of aryl methyl sites for hydroxylation is 1. The molecule has 2 heterocycles. The van der Waals surface area contributed by atoms with Crippen LogP contribution < -0.4 is 11.1 Å². The lowest BCUT2D eigenvalue weighted by molar-refractivity contribution is -0.138. The predicted molar refractivity (Wildman–Crippen MR) is 71.7 cm³/mol. The van der Waals surface area contributed by atoms with Crippen molar-refractivity contribution in [3.8, 4) is 0 Å². The Labute approximate surface area is 113 Å². The van der Waals surface area contributed by atoms with Crippen LogP contribution in [0.15, 0.2) is 23.2 Å². The Bertz CT molecular complexity index is 643. The molecule has 0 bridgehead atoms. The molecule has 0 unspecified atom stereocenters. The molecule has 2 atom stereocenters. The van der Waals surface area contributed by atoms with Crippen molar-refractivity contribution in [2.45, 2.75) is 17.8 Å². The number of aliphatic hydroxyl groups is 1. The van der Waals surface area contributed by atoms with E-state index in [2.05, 4.69) is 10.3 Å². The zero-order valence-corrected chi connectivity index (χ0v) is 10.8. The molecule has 98 valence electrons. The number of thioether (sulfide) groups is 1. The maximum absolute atomic E-state index is 12.1. The summed E-state index contributed by atoms with van der Waals surface area (Å²) in [7, 11) is 0. The highest BCUT2D eigenvalue weighted by atomic mass is 32.2. The molecule has 1 aromatic rings. The van der Waals surface area contributed by atoms with Crippen molar-refractivity contribution in [2.24, 2.45) is 10.7 Å². The lowest BCUT2D eigenvalue weighted by Gasteiger charge is -2.25. The molecule has 1 aromatic carbocycles. The molecule has 0 saturated carbocycles. The number of rotatable bonds is 1. The first kappa shape index (κ1) is 12.2. The number of carbonyl (C=O) groups is 2. The highest BCUT2D eigenvalue weighted by Crippen LogP contribution is 2.44. The van der Waals surface area contributed by atoms with Crippen LogP contribution in [0.25, 0.3) is 0 Å². The fourth-order valence-corrected chi connectivity index (χ4v) is 3.25. The van der Waals surface area contributed by atoms with Crippen LogP contribution in [0.2, 0.25) is 0 Å². The molecule has 6 nitrogen and oxygen atoms in total. The first-order valence-electron chi connectivity index (χ1n) is 5.62. The van der Waals surface area contributed by atoms with Gasteiger partial charge >= 0.3 is 0 Å². The summed E-state index contributed by atoms with van der Waals surface area (Å²) < 4.78 is 0. The molecule has 0 spiro atoms. The van der Waals surface area contributed by atoms with Crippen LogP contribution in [-0.4, -0.2) is 27.3 Å². The third kappa shape index (κ3) is 1.58. The van der Waals surface area contributed by atoms with Crippen LogP contribution in [0.1, 0.15) is 11.1 Å². The second-order valence-electron chi connectivity index (χ2n) is 4.56.